The molecule has 1 amide bonds. The predicted molar refractivity (Wildman–Crippen MR) is 86.3 cm³/mol. The zero-order valence-corrected chi connectivity index (χ0v) is 12.6. The molecule has 3 nitrogen and oxygen atoms in total. The third-order valence-electron chi connectivity index (χ3n) is 3.57. The van der Waals surface area contributed by atoms with Crippen molar-refractivity contribution in [1.29, 1.82) is 0 Å². The van der Waals surface area contributed by atoms with Crippen LogP contribution in [0.1, 0.15) is 40.0 Å². The molecule has 0 heterocycles. The third-order valence-corrected chi connectivity index (χ3v) is 3.57. The summed E-state index contributed by atoms with van der Waals surface area (Å²) < 4.78 is 0. The van der Waals surface area contributed by atoms with Gasteiger partial charge >= 0.3 is 0 Å². The Labute approximate surface area is 126 Å². The quantitative estimate of drug-likeness (QED) is 0.885. The lowest BCUT2D eigenvalue weighted by Crippen LogP contribution is -2.27. The molecule has 1 atom stereocenters. The van der Waals surface area contributed by atoms with Crippen LogP contribution in [0.2, 0.25) is 0 Å². The van der Waals surface area contributed by atoms with Gasteiger partial charge in [0.25, 0.3) is 5.91 Å². The van der Waals surface area contributed by atoms with Crippen molar-refractivity contribution in [3.05, 3.63) is 70.8 Å². The maximum absolute atomic E-state index is 12.5. The van der Waals surface area contributed by atoms with Crippen LogP contribution in [0.25, 0.3) is 0 Å². The Morgan fingerprint density at radius 3 is 2.67 bits per heavy atom. The predicted octanol–water partition coefficient (Wildman–Crippen LogP) is 2.99. The van der Waals surface area contributed by atoms with E-state index >= 15 is 0 Å². The van der Waals surface area contributed by atoms with E-state index in [1.54, 1.807) is 0 Å². The summed E-state index contributed by atoms with van der Waals surface area (Å²) in [5.74, 6) is -0.0481. The number of hydrogen-bond donors (Lipinski definition) is 2. The fourth-order valence-electron chi connectivity index (χ4n) is 2.41. The summed E-state index contributed by atoms with van der Waals surface area (Å²) >= 11 is 0. The van der Waals surface area contributed by atoms with Gasteiger partial charge in [-0.15, -0.1) is 0 Å². The fourth-order valence-corrected chi connectivity index (χ4v) is 2.41. The van der Waals surface area contributed by atoms with E-state index in [1.807, 2.05) is 43.3 Å². The lowest BCUT2D eigenvalue weighted by Gasteiger charge is -2.16. The molecular weight excluding hydrogens is 260 g/mol. The van der Waals surface area contributed by atoms with Gasteiger partial charge in [-0.3, -0.25) is 4.79 Å². The molecule has 0 aromatic heterocycles. The van der Waals surface area contributed by atoms with Crippen molar-refractivity contribution in [3.63, 3.8) is 0 Å². The van der Waals surface area contributed by atoms with Crippen LogP contribution in [-0.2, 0) is 6.42 Å². The van der Waals surface area contributed by atoms with Crippen molar-refractivity contribution in [1.82, 2.24) is 5.32 Å². The van der Waals surface area contributed by atoms with Crippen LogP contribution in [0.3, 0.4) is 0 Å². The first kappa shape index (κ1) is 15.3. The highest BCUT2D eigenvalue weighted by molar-refractivity contribution is 5.95. The van der Waals surface area contributed by atoms with E-state index in [-0.39, 0.29) is 11.9 Å². The first-order valence-corrected chi connectivity index (χ1v) is 7.27. The van der Waals surface area contributed by atoms with Crippen LogP contribution in [0.15, 0.2) is 48.5 Å². The number of amides is 1. The van der Waals surface area contributed by atoms with Crippen molar-refractivity contribution in [2.45, 2.75) is 26.3 Å². The molecule has 3 heteroatoms. The number of benzene rings is 2. The van der Waals surface area contributed by atoms with Gasteiger partial charge in [0.05, 0.1) is 6.04 Å². The number of hydrogen-bond acceptors (Lipinski definition) is 2. The fraction of sp³-hybridized carbons (Fsp3) is 0.278. The van der Waals surface area contributed by atoms with E-state index in [1.165, 1.54) is 5.56 Å². The lowest BCUT2D eigenvalue weighted by molar-refractivity contribution is 0.0939. The molecule has 21 heavy (non-hydrogen) atoms. The molecule has 0 aliphatic rings. The van der Waals surface area contributed by atoms with E-state index < -0.39 is 0 Å². The summed E-state index contributed by atoms with van der Waals surface area (Å²) in [4.78, 5) is 12.5. The summed E-state index contributed by atoms with van der Waals surface area (Å²) in [5.41, 5.74) is 9.61. The summed E-state index contributed by atoms with van der Waals surface area (Å²) in [6.07, 6.45) is 0.711. The molecule has 0 radical (unpaired) electrons. The van der Waals surface area contributed by atoms with Crippen LogP contribution in [-0.4, -0.2) is 12.5 Å². The Kier molecular flexibility index (Phi) is 5.12. The zero-order chi connectivity index (χ0) is 15.2. The molecular formula is C18H22N2O. The van der Waals surface area contributed by atoms with Gasteiger partial charge < -0.3 is 11.1 Å². The molecule has 2 rings (SSSR count). The van der Waals surface area contributed by atoms with Crippen LogP contribution in [0.5, 0.6) is 0 Å². The SMILES string of the molecule is Cc1cccc([C@H](C)NC(=O)c2ccccc2CCN)c1. The van der Waals surface area contributed by atoms with E-state index in [4.69, 9.17) is 5.73 Å². The number of aryl methyl sites for hydroxylation is 1. The minimum absolute atomic E-state index is 0.0247. The van der Waals surface area contributed by atoms with Gasteiger partial charge in [-0.25, -0.2) is 0 Å². The molecule has 0 aliphatic heterocycles. The molecule has 0 saturated heterocycles. The first-order chi connectivity index (χ1) is 10.1. The summed E-state index contributed by atoms with van der Waals surface area (Å²) in [5, 5.41) is 3.06. The molecule has 110 valence electrons. The minimum Gasteiger partial charge on any atom is -0.346 e. The van der Waals surface area contributed by atoms with Gasteiger partial charge in [-0.2, -0.15) is 0 Å². The van der Waals surface area contributed by atoms with Gasteiger partial charge in [-0.1, -0.05) is 48.0 Å². The molecule has 0 unspecified atom stereocenters. The molecule has 0 fully saturated rings. The second-order valence-corrected chi connectivity index (χ2v) is 5.31. The van der Waals surface area contributed by atoms with Crippen molar-refractivity contribution in [3.8, 4) is 0 Å². The van der Waals surface area contributed by atoms with Crippen molar-refractivity contribution in [2.75, 3.05) is 6.54 Å². The lowest BCUT2D eigenvalue weighted by atomic mass is 10.0. The molecule has 0 aliphatic carbocycles. The molecule has 3 N–H and O–H groups in total. The van der Waals surface area contributed by atoms with Crippen LogP contribution in [0, 0.1) is 6.92 Å². The van der Waals surface area contributed by atoms with Crippen molar-refractivity contribution in [2.24, 2.45) is 5.73 Å². The molecule has 0 saturated carbocycles. The maximum Gasteiger partial charge on any atom is 0.252 e. The van der Waals surface area contributed by atoms with Gasteiger partial charge in [0.15, 0.2) is 0 Å². The van der Waals surface area contributed by atoms with E-state index in [0.29, 0.717) is 18.5 Å². The Hall–Kier alpha value is -2.13. The second kappa shape index (κ2) is 7.04. The standard InChI is InChI=1S/C18H22N2O/c1-13-6-5-8-16(12-13)14(2)20-18(21)17-9-4-3-7-15(17)10-11-19/h3-9,12,14H,10-11,19H2,1-2H3,(H,20,21)/t14-/m0/s1. The summed E-state index contributed by atoms with van der Waals surface area (Å²) in [7, 11) is 0. The van der Waals surface area contributed by atoms with Crippen LogP contribution in [0.4, 0.5) is 0 Å². The molecule has 2 aromatic carbocycles. The van der Waals surface area contributed by atoms with E-state index in [9.17, 15) is 4.79 Å². The average Bonchev–Trinajstić information content (AvgIpc) is 2.48. The number of carbonyl (C=O) groups excluding carboxylic acids is 1. The average molecular weight is 282 g/mol. The van der Waals surface area contributed by atoms with Crippen LogP contribution < -0.4 is 11.1 Å². The number of rotatable bonds is 5. The molecule has 0 bridgehead atoms. The first-order valence-electron chi connectivity index (χ1n) is 7.27. The normalized spacial score (nSPS) is 12.0. The topological polar surface area (TPSA) is 55.1 Å². The molecule has 0 spiro atoms. The Morgan fingerprint density at radius 1 is 1.19 bits per heavy atom. The Bertz CT molecular complexity index is 622. The highest BCUT2D eigenvalue weighted by atomic mass is 16.1. The zero-order valence-electron chi connectivity index (χ0n) is 12.6. The van der Waals surface area contributed by atoms with Gasteiger partial charge in [0.1, 0.15) is 0 Å². The maximum atomic E-state index is 12.5. The summed E-state index contributed by atoms with van der Waals surface area (Å²) in [6, 6.07) is 15.8. The number of nitrogens with two attached hydrogens (primary N) is 1. The Morgan fingerprint density at radius 2 is 1.95 bits per heavy atom. The smallest absolute Gasteiger partial charge is 0.252 e. The summed E-state index contributed by atoms with van der Waals surface area (Å²) in [6.45, 7) is 4.59. The second-order valence-electron chi connectivity index (χ2n) is 5.31. The minimum atomic E-state index is -0.0481. The van der Waals surface area contributed by atoms with E-state index in [0.717, 1.165) is 11.1 Å². The Balaban J connectivity index is 2.14. The van der Waals surface area contributed by atoms with Crippen molar-refractivity contribution < 1.29 is 4.79 Å². The van der Waals surface area contributed by atoms with Gasteiger partial charge in [0, 0.05) is 5.56 Å². The van der Waals surface area contributed by atoms with Crippen LogP contribution >= 0.6 is 0 Å². The third kappa shape index (κ3) is 3.92. The largest absolute Gasteiger partial charge is 0.346 e. The van der Waals surface area contributed by atoms with Gasteiger partial charge in [-0.05, 0) is 44.0 Å². The van der Waals surface area contributed by atoms with E-state index in [2.05, 4.69) is 24.4 Å². The molecule has 2 aromatic rings. The van der Waals surface area contributed by atoms with Gasteiger partial charge in [0.2, 0.25) is 0 Å². The monoisotopic (exact) mass is 282 g/mol. The van der Waals surface area contributed by atoms with Crippen molar-refractivity contribution >= 4 is 5.91 Å². The number of carbonyl (C=O) groups is 1. The number of nitrogens with one attached hydrogen (secondary N) is 1. The highest BCUT2D eigenvalue weighted by Crippen LogP contribution is 2.16. The highest BCUT2D eigenvalue weighted by Gasteiger charge is 2.14.